The van der Waals surface area contributed by atoms with E-state index < -0.39 is 23.9 Å². The molecule has 1 saturated carbocycles. The van der Waals surface area contributed by atoms with Crippen LogP contribution in [0.3, 0.4) is 0 Å². The standard InChI is InChI=1S/C19H26FN3O3/c1-12(24)22-16(11-13-7-9-15(20)10-8-13)19(26)23-17(18(21)25)14-5-3-2-4-6-14/h7-10,14,16-17H,2-6,11H2,1H3,(H2,21,25)(H,22,24)(H,23,26)/t16-,17-/m0/s1. The SMILES string of the molecule is CC(=O)N[C@@H](Cc1ccc(F)cc1)C(=O)N[C@H](C(N)=O)C1CCCCC1. The van der Waals surface area contributed by atoms with Gasteiger partial charge in [-0.3, -0.25) is 14.4 Å². The molecule has 142 valence electrons. The third-order valence-corrected chi connectivity index (χ3v) is 4.77. The van der Waals surface area contributed by atoms with Gasteiger partial charge in [0.05, 0.1) is 0 Å². The van der Waals surface area contributed by atoms with E-state index in [0.29, 0.717) is 5.56 Å². The molecule has 0 aromatic heterocycles. The van der Waals surface area contributed by atoms with Crippen molar-refractivity contribution < 1.29 is 18.8 Å². The summed E-state index contributed by atoms with van der Waals surface area (Å²) in [6.45, 7) is 1.32. The molecule has 1 aliphatic rings. The van der Waals surface area contributed by atoms with Crippen molar-refractivity contribution in [1.82, 2.24) is 10.6 Å². The molecule has 0 bridgehead atoms. The van der Waals surface area contributed by atoms with Gasteiger partial charge in [-0.15, -0.1) is 0 Å². The van der Waals surface area contributed by atoms with Crippen LogP contribution in [-0.4, -0.2) is 29.8 Å². The lowest BCUT2D eigenvalue weighted by molar-refractivity contribution is -0.131. The Kier molecular flexibility index (Phi) is 7.12. The Bertz CT molecular complexity index is 642. The van der Waals surface area contributed by atoms with Crippen molar-refractivity contribution in [2.45, 2.75) is 57.5 Å². The van der Waals surface area contributed by atoms with Crippen LogP contribution < -0.4 is 16.4 Å². The minimum Gasteiger partial charge on any atom is -0.368 e. The molecule has 1 aliphatic carbocycles. The second-order valence-electron chi connectivity index (χ2n) is 6.87. The fraction of sp³-hybridized carbons (Fsp3) is 0.526. The molecule has 1 aromatic carbocycles. The van der Waals surface area contributed by atoms with Crippen LogP contribution in [0.2, 0.25) is 0 Å². The van der Waals surface area contributed by atoms with Crippen molar-refractivity contribution in [3.63, 3.8) is 0 Å². The first-order valence-corrected chi connectivity index (χ1v) is 8.98. The van der Waals surface area contributed by atoms with Crippen LogP contribution in [0.4, 0.5) is 4.39 Å². The summed E-state index contributed by atoms with van der Waals surface area (Å²) in [7, 11) is 0. The largest absolute Gasteiger partial charge is 0.368 e. The van der Waals surface area contributed by atoms with Gasteiger partial charge in [-0.25, -0.2) is 4.39 Å². The summed E-state index contributed by atoms with van der Waals surface area (Å²) in [6, 6.07) is 4.11. The minimum atomic E-state index is -0.858. The van der Waals surface area contributed by atoms with Gasteiger partial charge in [-0.05, 0) is 36.5 Å². The summed E-state index contributed by atoms with van der Waals surface area (Å²) in [5.74, 6) is -1.73. The fourth-order valence-electron chi connectivity index (χ4n) is 3.45. The van der Waals surface area contributed by atoms with E-state index in [4.69, 9.17) is 5.73 Å². The predicted molar refractivity (Wildman–Crippen MR) is 95.4 cm³/mol. The van der Waals surface area contributed by atoms with Gasteiger partial charge in [-0.1, -0.05) is 31.4 Å². The monoisotopic (exact) mass is 363 g/mol. The lowest BCUT2D eigenvalue weighted by Crippen LogP contribution is -2.56. The summed E-state index contributed by atoms with van der Waals surface area (Å²) in [5.41, 5.74) is 6.21. The molecule has 0 saturated heterocycles. The van der Waals surface area contributed by atoms with E-state index >= 15 is 0 Å². The zero-order chi connectivity index (χ0) is 19.1. The van der Waals surface area contributed by atoms with Gasteiger partial charge in [0.25, 0.3) is 0 Å². The number of carbonyl (C=O) groups is 3. The Balaban J connectivity index is 2.09. The number of hydrogen-bond acceptors (Lipinski definition) is 3. The van der Waals surface area contributed by atoms with E-state index in [1.807, 2.05) is 0 Å². The Morgan fingerprint density at radius 1 is 1.12 bits per heavy atom. The summed E-state index contributed by atoms with van der Waals surface area (Å²) < 4.78 is 13.1. The highest BCUT2D eigenvalue weighted by Gasteiger charge is 2.31. The molecule has 1 fully saturated rings. The first kappa shape index (κ1) is 19.9. The van der Waals surface area contributed by atoms with Crippen molar-refractivity contribution >= 4 is 17.7 Å². The number of primary amides is 1. The molecule has 26 heavy (non-hydrogen) atoms. The summed E-state index contributed by atoms with van der Waals surface area (Å²) in [5, 5.41) is 5.31. The maximum Gasteiger partial charge on any atom is 0.243 e. The third kappa shape index (κ3) is 5.82. The first-order valence-electron chi connectivity index (χ1n) is 8.98. The Morgan fingerprint density at radius 3 is 2.27 bits per heavy atom. The molecule has 0 spiro atoms. The topological polar surface area (TPSA) is 101 Å². The molecule has 0 radical (unpaired) electrons. The average molecular weight is 363 g/mol. The van der Waals surface area contributed by atoms with Gasteiger partial charge in [0.1, 0.15) is 17.9 Å². The van der Waals surface area contributed by atoms with Crippen LogP contribution in [0.25, 0.3) is 0 Å². The van der Waals surface area contributed by atoms with Gasteiger partial charge in [0, 0.05) is 13.3 Å². The molecular formula is C19H26FN3O3. The summed E-state index contributed by atoms with van der Waals surface area (Å²) >= 11 is 0. The Hall–Kier alpha value is -2.44. The fourth-order valence-corrected chi connectivity index (χ4v) is 3.45. The Morgan fingerprint density at radius 2 is 1.73 bits per heavy atom. The van der Waals surface area contributed by atoms with E-state index in [0.717, 1.165) is 32.1 Å². The van der Waals surface area contributed by atoms with Gasteiger partial charge >= 0.3 is 0 Å². The van der Waals surface area contributed by atoms with Crippen molar-refractivity contribution in [1.29, 1.82) is 0 Å². The highest BCUT2D eigenvalue weighted by atomic mass is 19.1. The highest BCUT2D eigenvalue weighted by molar-refractivity contribution is 5.91. The van der Waals surface area contributed by atoms with Gasteiger partial charge in [-0.2, -0.15) is 0 Å². The van der Waals surface area contributed by atoms with Crippen LogP contribution in [0.5, 0.6) is 0 Å². The molecule has 0 aliphatic heterocycles. The number of rotatable bonds is 7. The molecular weight excluding hydrogens is 337 g/mol. The second-order valence-corrected chi connectivity index (χ2v) is 6.87. The van der Waals surface area contributed by atoms with Crippen molar-refractivity contribution in [2.75, 3.05) is 0 Å². The lowest BCUT2D eigenvalue weighted by Gasteiger charge is -2.30. The van der Waals surface area contributed by atoms with Crippen LogP contribution in [0.1, 0.15) is 44.6 Å². The number of halogens is 1. The van der Waals surface area contributed by atoms with Crippen LogP contribution in [-0.2, 0) is 20.8 Å². The molecule has 0 heterocycles. The molecule has 4 N–H and O–H groups in total. The van der Waals surface area contributed by atoms with E-state index in [2.05, 4.69) is 10.6 Å². The Labute approximate surface area is 152 Å². The number of carbonyl (C=O) groups excluding carboxylic acids is 3. The van der Waals surface area contributed by atoms with Gasteiger partial charge in [0.15, 0.2) is 0 Å². The van der Waals surface area contributed by atoms with Crippen molar-refractivity contribution in [3.05, 3.63) is 35.6 Å². The molecule has 2 atom stereocenters. The second kappa shape index (κ2) is 9.31. The van der Waals surface area contributed by atoms with E-state index in [-0.39, 0.29) is 24.1 Å². The normalized spacial score (nSPS) is 17.2. The molecule has 6 nitrogen and oxygen atoms in total. The van der Waals surface area contributed by atoms with Crippen molar-refractivity contribution in [2.24, 2.45) is 11.7 Å². The van der Waals surface area contributed by atoms with E-state index in [1.165, 1.54) is 19.1 Å². The maximum atomic E-state index is 13.1. The van der Waals surface area contributed by atoms with Gasteiger partial charge in [0.2, 0.25) is 17.7 Å². The van der Waals surface area contributed by atoms with Gasteiger partial charge < -0.3 is 16.4 Å². The smallest absolute Gasteiger partial charge is 0.243 e. The number of nitrogens with one attached hydrogen (secondary N) is 2. The number of nitrogens with two attached hydrogens (primary N) is 1. The quantitative estimate of drug-likeness (QED) is 0.683. The molecule has 3 amide bonds. The average Bonchev–Trinajstić information content (AvgIpc) is 2.61. The van der Waals surface area contributed by atoms with E-state index in [9.17, 15) is 18.8 Å². The zero-order valence-corrected chi connectivity index (χ0v) is 15.0. The minimum absolute atomic E-state index is 0.0222. The maximum absolute atomic E-state index is 13.1. The lowest BCUT2D eigenvalue weighted by atomic mass is 9.83. The third-order valence-electron chi connectivity index (χ3n) is 4.77. The van der Waals surface area contributed by atoms with Crippen LogP contribution in [0, 0.1) is 11.7 Å². The number of amides is 3. The highest BCUT2D eigenvalue weighted by Crippen LogP contribution is 2.26. The summed E-state index contributed by atoms with van der Waals surface area (Å²) in [6.07, 6.45) is 5.02. The predicted octanol–water partition coefficient (Wildman–Crippen LogP) is 1.42. The number of benzene rings is 1. The molecule has 1 aromatic rings. The first-order chi connectivity index (χ1) is 12.4. The van der Waals surface area contributed by atoms with Crippen molar-refractivity contribution in [3.8, 4) is 0 Å². The molecule has 2 rings (SSSR count). The number of hydrogen-bond donors (Lipinski definition) is 3. The van der Waals surface area contributed by atoms with Crippen LogP contribution in [0.15, 0.2) is 24.3 Å². The van der Waals surface area contributed by atoms with E-state index in [1.54, 1.807) is 12.1 Å². The summed E-state index contributed by atoms with van der Waals surface area (Å²) in [4.78, 5) is 36.0. The molecule has 0 unspecified atom stereocenters. The molecule has 7 heteroatoms. The van der Waals surface area contributed by atoms with Crippen LogP contribution >= 0.6 is 0 Å². The zero-order valence-electron chi connectivity index (χ0n) is 15.0.